The number of hydrogen-bond acceptors (Lipinski definition) is 1. The molecule has 0 amide bonds. The number of benzene rings is 2. The van der Waals surface area contributed by atoms with Gasteiger partial charge in [-0.3, -0.25) is 0 Å². The Morgan fingerprint density at radius 1 is 0.947 bits per heavy atom. The van der Waals surface area contributed by atoms with Gasteiger partial charge in [-0.2, -0.15) is 0 Å². The van der Waals surface area contributed by atoms with Crippen LogP contribution >= 0.6 is 0 Å². The summed E-state index contributed by atoms with van der Waals surface area (Å²) in [7, 11) is -1.59. The highest BCUT2D eigenvalue weighted by molar-refractivity contribution is 6.91. The predicted octanol–water partition coefficient (Wildman–Crippen LogP) is 3.19. The van der Waals surface area contributed by atoms with Crippen molar-refractivity contribution >= 4 is 13.3 Å². The zero-order valence-electron chi connectivity index (χ0n) is 12.1. The fourth-order valence-corrected chi connectivity index (χ4v) is 5.78. The summed E-state index contributed by atoms with van der Waals surface area (Å²) in [5, 5.41) is 1.48. The SMILES string of the molecule is Cc1ccc(C(CN)[Si](C)(C)c2ccccc2)cc1. The highest BCUT2D eigenvalue weighted by Crippen LogP contribution is 2.26. The van der Waals surface area contributed by atoms with Crippen LogP contribution in [-0.2, 0) is 0 Å². The molecule has 2 aromatic carbocycles. The third-order valence-electron chi connectivity index (χ3n) is 4.10. The van der Waals surface area contributed by atoms with Gasteiger partial charge in [-0.1, -0.05) is 78.4 Å². The van der Waals surface area contributed by atoms with Crippen LogP contribution in [-0.4, -0.2) is 14.6 Å². The van der Waals surface area contributed by atoms with E-state index in [9.17, 15) is 0 Å². The fraction of sp³-hybridized carbons (Fsp3) is 0.294. The van der Waals surface area contributed by atoms with Crippen LogP contribution in [0.3, 0.4) is 0 Å². The molecular weight excluding hydrogens is 246 g/mol. The van der Waals surface area contributed by atoms with E-state index in [-0.39, 0.29) is 0 Å². The summed E-state index contributed by atoms with van der Waals surface area (Å²) in [6.07, 6.45) is 0. The smallest absolute Gasteiger partial charge is 0.0893 e. The molecule has 0 radical (unpaired) electrons. The van der Waals surface area contributed by atoms with Crippen LogP contribution in [0.1, 0.15) is 16.7 Å². The van der Waals surface area contributed by atoms with E-state index >= 15 is 0 Å². The molecule has 0 spiro atoms. The molecule has 0 fully saturated rings. The highest BCUT2D eigenvalue weighted by Gasteiger charge is 2.33. The molecular formula is C17H23NSi. The minimum atomic E-state index is -1.59. The molecule has 1 unspecified atom stereocenters. The van der Waals surface area contributed by atoms with Crippen molar-refractivity contribution in [2.24, 2.45) is 5.73 Å². The van der Waals surface area contributed by atoms with Crippen LogP contribution in [0.25, 0.3) is 0 Å². The largest absolute Gasteiger partial charge is 0.330 e. The van der Waals surface area contributed by atoms with Gasteiger partial charge in [0.15, 0.2) is 0 Å². The second-order valence-electron chi connectivity index (χ2n) is 5.79. The molecule has 2 rings (SSSR count). The van der Waals surface area contributed by atoms with Gasteiger partial charge >= 0.3 is 0 Å². The Hall–Kier alpha value is -1.38. The first-order chi connectivity index (χ1) is 9.05. The van der Waals surface area contributed by atoms with E-state index in [4.69, 9.17) is 5.73 Å². The summed E-state index contributed by atoms with van der Waals surface area (Å²) >= 11 is 0. The average molecular weight is 269 g/mol. The summed E-state index contributed by atoms with van der Waals surface area (Å²) in [6.45, 7) is 7.68. The van der Waals surface area contributed by atoms with E-state index in [0.717, 1.165) is 6.54 Å². The molecule has 2 aromatic rings. The molecule has 0 saturated heterocycles. The van der Waals surface area contributed by atoms with Crippen molar-refractivity contribution in [3.05, 3.63) is 65.7 Å². The summed E-state index contributed by atoms with van der Waals surface area (Å²) < 4.78 is 0. The van der Waals surface area contributed by atoms with Gasteiger partial charge < -0.3 is 5.73 Å². The van der Waals surface area contributed by atoms with Gasteiger partial charge in [0.2, 0.25) is 0 Å². The Labute approximate surface area is 117 Å². The van der Waals surface area contributed by atoms with Crippen molar-refractivity contribution in [2.45, 2.75) is 25.6 Å². The molecule has 0 aromatic heterocycles. The second kappa shape index (κ2) is 5.72. The van der Waals surface area contributed by atoms with Crippen LogP contribution < -0.4 is 10.9 Å². The Bertz CT molecular complexity index is 517. The van der Waals surface area contributed by atoms with Crippen molar-refractivity contribution in [1.82, 2.24) is 0 Å². The van der Waals surface area contributed by atoms with Gasteiger partial charge in [0.1, 0.15) is 0 Å². The van der Waals surface area contributed by atoms with Gasteiger partial charge in [0.05, 0.1) is 8.07 Å². The van der Waals surface area contributed by atoms with Crippen molar-refractivity contribution in [2.75, 3.05) is 6.54 Å². The van der Waals surface area contributed by atoms with Gasteiger partial charge in [-0.25, -0.2) is 0 Å². The maximum Gasteiger partial charge on any atom is 0.0893 e. The van der Waals surface area contributed by atoms with E-state index in [0.29, 0.717) is 5.54 Å². The van der Waals surface area contributed by atoms with Crippen molar-refractivity contribution < 1.29 is 0 Å². The molecule has 2 N–H and O–H groups in total. The molecule has 1 nitrogen and oxygen atoms in total. The summed E-state index contributed by atoms with van der Waals surface area (Å²) in [6, 6.07) is 19.7. The van der Waals surface area contributed by atoms with Crippen LogP contribution in [0.15, 0.2) is 54.6 Å². The van der Waals surface area contributed by atoms with Crippen molar-refractivity contribution in [1.29, 1.82) is 0 Å². The fourth-order valence-electron chi connectivity index (χ4n) is 2.72. The molecule has 2 heteroatoms. The predicted molar refractivity (Wildman–Crippen MR) is 86.5 cm³/mol. The lowest BCUT2D eigenvalue weighted by Gasteiger charge is -2.32. The van der Waals surface area contributed by atoms with Gasteiger partial charge in [-0.05, 0) is 24.6 Å². The Balaban J connectivity index is 2.38. The average Bonchev–Trinajstić information content (AvgIpc) is 2.42. The lowest BCUT2D eigenvalue weighted by Crippen LogP contribution is -2.50. The van der Waals surface area contributed by atoms with E-state index < -0.39 is 8.07 Å². The minimum Gasteiger partial charge on any atom is -0.330 e. The van der Waals surface area contributed by atoms with Gasteiger partial charge in [0.25, 0.3) is 0 Å². The molecule has 0 bridgehead atoms. The first kappa shape index (κ1) is 14.0. The first-order valence-electron chi connectivity index (χ1n) is 6.88. The zero-order chi connectivity index (χ0) is 13.9. The van der Waals surface area contributed by atoms with E-state index in [2.05, 4.69) is 74.6 Å². The lowest BCUT2D eigenvalue weighted by atomic mass is 10.1. The van der Waals surface area contributed by atoms with Crippen molar-refractivity contribution in [3.63, 3.8) is 0 Å². The zero-order valence-corrected chi connectivity index (χ0v) is 13.1. The van der Waals surface area contributed by atoms with E-state index in [1.807, 2.05) is 0 Å². The van der Waals surface area contributed by atoms with Crippen LogP contribution in [0.4, 0.5) is 0 Å². The standard InChI is InChI=1S/C17H23NSi/c1-14-9-11-15(12-10-14)17(13-18)19(2,3)16-7-5-4-6-8-16/h4-12,17H,13,18H2,1-3H3. The van der Waals surface area contributed by atoms with Crippen LogP contribution in [0.2, 0.25) is 13.1 Å². The summed E-state index contributed by atoms with van der Waals surface area (Å²) in [5.74, 6) is 0. The number of rotatable bonds is 4. The monoisotopic (exact) mass is 269 g/mol. The maximum atomic E-state index is 6.10. The second-order valence-corrected chi connectivity index (χ2v) is 10.5. The minimum absolute atomic E-state index is 0.468. The van der Waals surface area contributed by atoms with Gasteiger partial charge in [-0.15, -0.1) is 0 Å². The molecule has 0 aliphatic heterocycles. The first-order valence-corrected chi connectivity index (χ1v) is 9.95. The van der Waals surface area contributed by atoms with Crippen molar-refractivity contribution in [3.8, 4) is 0 Å². The third kappa shape index (κ3) is 2.96. The Morgan fingerprint density at radius 3 is 2.05 bits per heavy atom. The van der Waals surface area contributed by atoms with Crippen LogP contribution in [0.5, 0.6) is 0 Å². The van der Waals surface area contributed by atoms with Crippen LogP contribution in [0, 0.1) is 6.92 Å². The number of hydrogen-bond donors (Lipinski definition) is 1. The highest BCUT2D eigenvalue weighted by atomic mass is 28.3. The molecule has 0 heterocycles. The topological polar surface area (TPSA) is 26.0 Å². The Kier molecular flexibility index (Phi) is 4.23. The van der Waals surface area contributed by atoms with E-state index in [1.54, 1.807) is 0 Å². The third-order valence-corrected chi connectivity index (χ3v) is 8.24. The molecule has 0 saturated carbocycles. The Morgan fingerprint density at radius 2 is 1.53 bits per heavy atom. The lowest BCUT2D eigenvalue weighted by molar-refractivity contribution is 0.894. The summed E-state index contributed by atoms with van der Waals surface area (Å²) in [4.78, 5) is 0. The molecule has 0 aliphatic rings. The quantitative estimate of drug-likeness (QED) is 0.848. The van der Waals surface area contributed by atoms with E-state index in [1.165, 1.54) is 16.3 Å². The number of nitrogens with two attached hydrogens (primary N) is 1. The number of aryl methyl sites for hydroxylation is 1. The molecule has 0 aliphatic carbocycles. The van der Waals surface area contributed by atoms with Gasteiger partial charge in [0, 0.05) is 0 Å². The normalized spacial score (nSPS) is 13.3. The summed E-state index contributed by atoms with van der Waals surface area (Å²) in [5.41, 5.74) is 9.26. The molecule has 1 atom stereocenters. The maximum absolute atomic E-state index is 6.10. The molecule has 19 heavy (non-hydrogen) atoms. The molecule has 100 valence electrons.